The van der Waals surface area contributed by atoms with E-state index in [2.05, 4.69) is 28.8 Å². The molecule has 0 aromatic carbocycles. The van der Waals surface area contributed by atoms with Crippen LogP contribution in [0, 0.1) is 0 Å². The van der Waals surface area contributed by atoms with Crippen molar-refractivity contribution in [1.82, 2.24) is 9.97 Å². The van der Waals surface area contributed by atoms with Crippen LogP contribution in [0.5, 0.6) is 0 Å². The molecule has 1 aromatic heterocycles. The molecule has 18 heavy (non-hydrogen) atoms. The van der Waals surface area contributed by atoms with Crippen LogP contribution in [-0.4, -0.2) is 48.9 Å². The van der Waals surface area contributed by atoms with Gasteiger partial charge in [-0.25, -0.2) is 9.97 Å². The first-order valence-corrected chi connectivity index (χ1v) is 6.54. The number of hydrogen-bond acceptors (Lipinski definition) is 5. The van der Waals surface area contributed by atoms with Crippen LogP contribution in [0.1, 0.15) is 26.2 Å². The molecule has 102 valence electrons. The zero-order chi connectivity index (χ0) is 13.4. The van der Waals surface area contributed by atoms with Crippen molar-refractivity contribution >= 4 is 11.6 Å². The first-order valence-electron chi connectivity index (χ1n) is 6.54. The molecule has 0 amide bonds. The van der Waals surface area contributed by atoms with E-state index < -0.39 is 0 Å². The molecular weight excluding hydrogens is 228 g/mol. The van der Waals surface area contributed by atoms with Crippen LogP contribution in [0.4, 0.5) is 11.6 Å². The summed E-state index contributed by atoms with van der Waals surface area (Å²) < 4.78 is 0. The van der Waals surface area contributed by atoms with E-state index in [1.165, 1.54) is 6.42 Å². The highest BCUT2D eigenvalue weighted by molar-refractivity contribution is 5.49. The number of aromatic nitrogens is 2. The van der Waals surface area contributed by atoms with Gasteiger partial charge >= 0.3 is 0 Å². The van der Waals surface area contributed by atoms with Crippen LogP contribution < -0.4 is 9.80 Å². The maximum absolute atomic E-state index is 8.83. The van der Waals surface area contributed by atoms with Crippen LogP contribution in [0.25, 0.3) is 0 Å². The van der Waals surface area contributed by atoms with Crippen molar-refractivity contribution in [2.45, 2.75) is 26.2 Å². The van der Waals surface area contributed by atoms with Crippen molar-refractivity contribution in [1.29, 1.82) is 0 Å². The lowest BCUT2D eigenvalue weighted by atomic mass is 10.3. The number of anilines is 2. The summed E-state index contributed by atoms with van der Waals surface area (Å²) >= 11 is 0. The molecule has 0 spiro atoms. The Bertz CT molecular complexity index is 316. The van der Waals surface area contributed by atoms with Gasteiger partial charge in [0.15, 0.2) is 0 Å². The highest BCUT2D eigenvalue weighted by Gasteiger charge is 2.07. The lowest BCUT2D eigenvalue weighted by molar-refractivity contribution is 0.290. The van der Waals surface area contributed by atoms with E-state index in [0.717, 1.165) is 37.6 Å². The van der Waals surface area contributed by atoms with Crippen molar-refractivity contribution in [3.63, 3.8) is 0 Å². The standard InChI is InChI=1S/C13H24N4O/c1-4-5-7-16(2)12-10-13(15-11-14-12)17(3)8-6-9-18/h10-11,18H,4-9H2,1-3H3. The van der Waals surface area contributed by atoms with Gasteiger partial charge < -0.3 is 14.9 Å². The SMILES string of the molecule is CCCCN(C)c1cc(N(C)CCCO)ncn1. The quantitative estimate of drug-likeness (QED) is 0.760. The summed E-state index contributed by atoms with van der Waals surface area (Å²) in [4.78, 5) is 12.7. The fraction of sp³-hybridized carbons (Fsp3) is 0.692. The molecule has 0 bridgehead atoms. The molecule has 1 aromatic rings. The molecule has 1 heterocycles. The minimum atomic E-state index is 0.207. The molecule has 0 saturated carbocycles. The third-order valence-corrected chi connectivity index (χ3v) is 2.92. The van der Waals surface area contributed by atoms with Crippen LogP contribution in [-0.2, 0) is 0 Å². The topological polar surface area (TPSA) is 52.5 Å². The fourth-order valence-corrected chi connectivity index (χ4v) is 1.69. The first-order chi connectivity index (χ1) is 8.69. The van der Waals surface area contributed by atoms with E-state index in [1.54, 1.807) is 6.33 Å². The van der Waals surface area contributed by atoms with E-state index in [0.29, 0.717) is 0 Å². The number of unbranched alkanes of at least 4 members (excludes halogenated alkanes) is 1. The molecule has 0 aliphatic carbocycles. The lowest BCUT2D eigenvalue weighted by Crippen LogP contribution is -2.23. The molecule has 1 rings (SSSR count). The maximum Gasteiger partial charge on any atom is 0.133 e. The van der Waals surface area contributed by atoms with E-state index in [1.807, 2.05) is 18.0 Å². The number of hydrogen-bond donors (Lipinski definition) is 1. The second-order valence-corrected chi connectivity index (χ2v) is 4.51. The van der Waals surface area contributed by atoms with Crippen LogP contribution in [0.15, 0.2) is 12.4 Å². The molecule has 0 aliphatic heterocycles. The van der Waals surface area contributed by atoms with E-state index in [-0.39, 0.29) is 6.61 Å². The summed E-state index contributed by atoms with van der Waals surface area (Å²) in [5.74, 6) is 1.85. The number of aliphatic hydroxyl groups is 1. The third kappa shape index (κ3) is 4.49. The molecule has 0 radical (unpaired) electrons. The van der Waals surface area contributed by atoms with Crippen molar-refractivity contribution in [2.24, 2.45) is 0 Å². The smallest absolute Gasteiger partial charge is 0.133 e. The molecule has 5 heteroatoms. The Labute approximate surface area is 109 Å². The Kier molecular flexibility index (Phi) is 6.43. The molecule has 0 aliphatic rings. The predicted molar refractivity (Wildman–Crippen MR) is 75.2 cm³/mol. The van der Waals surface area contributed by atoms with Crippen molar-refractivity contribution < 1.29 is 5.11 Å². The fourth-order valence-electron chi connectivity index (χ4n) is 1.69. The molecule has 0 fully saturated rings. The second-order valence-electron chi connectivity index (χ2n) is 4.51. The lowest BCUT2D eigenvalue weighted by Gasteiger charge is -2.21. The number of aliphatic hydroxyl groups excluding tert-OH is 1. The van der Waals surface area contributed by atoms with Gasteiger partial charge in [-0.2, -0.15) is 0 Å². The Hall–Kier alpha value is -1.36. The third-order valence-electron chi connectivity index (χ3n) is 2.92. The second kappa shape index (κ2) is 7.87. The van der Waals surface area contributed by atoms with Gasteiger partial charge in [-0.05, 0) is 12.8 Å². The summed E-state index contributed by atoms with van der Waals surface area (Å²) in [6.07, 6.45) is 4.69. The van der Waals surface area contributed by atoms with Crippen molar-refractivity contribution in [2.75, 3.05) is 43.6 Å². The summed E-state index contributed by atoms with van der Waals surface area (Å²) in [5.41, 5.74) is 0. The molecule has 0 unspecified atom stereocenters. The van der Waals surface area contributed by atoms with Gasteiger partial charge in [-0.15, -0.1) is 0 Å². The van der Waals surface area contributed by atoms with Crippen molar-refractivity contribution in [3.05, 3.63) is 12.4 Å². The van der Waals surface area contributed by atoms with Gasteiger partial charge in [-0.3, -0.25) is 0 Å². The van der Waals surface area contributed by atoms with Gasteiger partial charge in [0, 0.05) is 39.9 Å². The van der Waals surface area contributed by atoms with E-state index >= 15 is 0 Å². The maximum atomic E-state index is 8.83. The van der Waals surface area contributed by atoms with Gasteiger partial charge in [0.25, 0.3) is 0 Å². The van der Waals surface area contributed by atoms with Gasteiger partial charge in [0.1, 0.15) is 18.0 Å². The zero-order valence-corrected chi connectivity index (χ0v) is 11.6. The average molecular weight is 252 g/mol. The Morgan fingerprint density at radius 2 is 1.61 bits per heavy atom. The van der Waals surface area contributed by atoms with Gasteiger partial charge in [-0.1, -0.05) is 13.3 Å². The highest BCUT2D eigenvalue weighted by Crippen LogP contribution is 2.16. The largest absolute Gasteiger partial charge is 0.396 e. The highest BCUT2D eigenvalue weighted by atomic mass is 16.3. The van der Waals surface area contributed by atoms with Crippen LogP contribution >= 0.6 is 0 Å². The minimum Gasteiger partial charge on any atom is -0.396 e. The predicted octanol–water partition coefficient (Wildman–Crippen LogP) is 1.53. The van der Waals surface area contributed by atoms with Gasteiger partial charge in [0.05, 0.1) is 0 Å². The first kappa shape index (κ1) is 14.7. The summed E-state index contributed by atoms with van der Waals surface area (Å²) in [6, 6.07) is 1.99. The van der Waals surface area contributed by atoms with Gasteiger partial charge in [0.2, 0.25) is 0 Å². The van der Waals surface area contributed by atoms with E-state index in [4.69, 9.17) is 5.11 Å². The van der Waals surface area contributed by atoms with Crippen molar-refractivity contribution in [3.8, 4) is 0 Å². The van der Waals surface area contributed by atoms with Crippen LogP contribution in [0.2, 0.25) is 0 Å². The normalized spacial score (nSPS) is 10.4. The van der Waals surface area contributed by atoms with Crippen LogP contribution in [0.3, 0.4) is 0 Å². The molecule has 1 N–H and O–H groups in total. The monoisotopic (exact) mass is 252 g/mol. The molecule has 0 atom stereocenters. The molecule has 5 nitrogen and oxygen atoms in total. The molecular formula is C13H24N4O. The minimum absolute atomic E-state index is 0.207. The number of rotatable bonds is 8. The summed E-state index contributed by atoms with van der Waals surface area (Å²) in [6.45, 7) is 4.19. The zero-order valence-electron chi connectivity index (χ0n) is 11.6. The average Bonchev–Trinajstić information content (AvgIpc) is 2.42. The van der Waals surface area contributed by atoms with E-state index in [9.17, 15) is 0 Å². The summed E-state index contributed by atoms with van der Waals surface area (Å²) in [5, 5.41) is 8.83. The Morgan fingerprint density at radius 3 is 2.11 bits per heavy atom. The summed E-state index contributed by atoms with van der Waals surface area (Å²) in [7, 11) is 4.03. The Balaban J connectivity index is 2.66. The number of nitrogens with zero attached hydrogens (tertiary/aromatic N) is 4. The molecule has 0 saturated heterocycles. The Morgan fingerprint density at radius 1 is 1.06 bits per heavy atom.